The summed E-state index contributed by atoms with van der Waals surface area (Å²) in [6.45, 7) is 1.56. The Morgan fingerprint density at radius 2 is 1.86 bits per heavy atom. The van der Waals surface area contributed by atoms with Crippen LogP contribution >= 0.6 is 0 Å². The number of amides is 2. The monoisotopic (exact) mass is 306 g/mol. The molecule has 6 heteroatoms. The molecule has 0 aliphatic heterocycles. The molecule has 0 aliphatic rings. The number of anilines is 1. The maximum absolute atomic E-state index is 13.1. The van der Waals surface area contributed by atoms with Gasteiger partial charge in [-0.25, -0.2) is 13.6 Å². The van der Waals surface area contributed by atoms with Crippen molar-refractivity contribution in [2.45, 2.75) is 13.0 Å². The van der Waals surface area contributed by atoms with Crippen LogP contribution in [0.25, 0.3) is 0 Å². The zero-order chi connectivity index (χ0) is 16.1. The smallest absolute Gasteiger partial charge is 0.319 e. The van der Waals surface area contributed by atoms with Crippen molar-refractivity contribution in [1.82, 2.24) is 5.32 Å². The first kappa shape index (κ1) is 15.9. The van der Waals surface area contributed by atoms with Crippen LogP contribution in [-0.2, 0) is 0 Å². The summed E-state index contributed by atoms with van der Waals surface area (Å²) >= 11 is 0. The van der Waals surface area contributed by atoms with E-state index in [1.54, 1.807) is 6.92 Å². The van der Waals surface area contributed by atoms with E-state index in [2.05, 4.69) is 10.6 Å². The third-order valence-corrected chi connectivity index (χ3v) is 3.13. The number of hydrogen-bond acceptors (Lipinski definition) is 2. The molecule has 2 aromatic rings. The Morgan fingerprint density at radius 3 is 2.50 bits per heavy atom. The number of aryl methyl sites for hydroxylation is 1. The Balaban J connectivity index is 1.86. The Labute approximate surface area is 126 Å². The zero-order valence-electron chi connectivity index (χ0n) is 11.9. The molecule has 22 heavy (non-hydrogen) atoms. The molecule has 1 atom stereocenters. The molecule has 0 fully saturated rings. The maximum Gasteiger partial charge on any atom is 0.319 e. The molecule has 2 amide bonds. The second-order valence-corrected chi connectivity index (χ2v) is 4.87. The van der Waals surface area contributed by atoms with Crippen molar-refractivity contribution < 1.29 is 18.7 Å². The van der Waals surface area contributed by atoms with Gasteiger partial charge in [0.1, 0.15) is 11.6 Å². The molecule has 4 nitrogen and oxygen atoms in total. The topological polar surface area (TPSA) is 61.4 Å². The first-order valence-electron chi connectivity index (χ1n) is 6.70. The minimum absolute atomic E-state index is 0.0301. The summed E-state index contributed by atoms with van der Waals surface area (Å²) in [5.74, 6) is -0.744. The lowest BCUT2D eigenvalue weighted by Gasteiger charge is -2.13. The molecular weight excluding hydrogens is 290 g/mol. The van der Waals surface area contributed by atoms with Crippen molar-refractivity contribution in [3.63, 3.8) is 0 Å². The summed E-state index contributed by atoms with van der Waals surface area (Å²) in [7, 11) is 0. The Morgan fingerprint density at radius 1 is 1.18 bits per heavy atom. The lowest BCUT2D eigenvalue weighted by atomic mass is 10.1. The lowest BCUT2D eigenvalue weighted by Crippen LogP contribution is -2.32. The third-order valence-electron chi connectivity index (χ3n) is 3.13. The van der Waals surface area contributed by atoms with Gasteiger partial charge >= 0.3 is 6.03 Å². The maximum atomic E-state index is 13.1. The molecule has 0 spiro atoms. The Kier molecular flexibility index (Phi) is 5.06. The summed E-state index contributed by atoms with van der Waals surface area (Å²) < 4.78 is 25.9. The van der Waals surface area contributed by atoms with Gasteiger partial charge in [0.05, 0.1) is 6.10 Å². The summed E-state index contributed by atoms with van der Waals surface area (Å²) in [5.41, 5.74) is 1.37. The van der Waals surface area contributed by atoms with E-state index >= 15 is 0 Å². The van der Waals surface area contributed by atoms with Crippen LogP contribution < -0.4 is 10.6 Å². The number of halogens is 2. The van der Waals surface area contributed by atoms with Gasteiger partial charge in [0.2, 0.25) is 0 Å². The third kappa shape index (κ3) is 4.26. The minimum Gasteiger partial charge on any atom is -0.387 e. The van der Waals surface area contributed by atoms with Gasteiger partial charge in [-0.2, -0.15) is 0 Å². The van der Waals surface area contributed by atoms with Gasteiger partial charge in [0, 0.05) is 12.2 Å². The average molecular weight is 306 g/mol. The van der Waals surface area contributed by atoms with Crippen LogP contribution in [0.5, 0.6) is 0 Å². The number of benzene rings is 2. The van der Waals surface area contributed by atoms with E-state index in [4.69, 9.17) is 0 Å². The van der Waals surface area contributed by atoms with Gasteiger partial charge < -0.3 is 15.7 Å². The van der Waals surface area contributed by atoms with Gasteiger partial charge in [0.25, 0.3) is 0 Å². The average Bonchev–Trinajstić information content (AvgIpc) is 2.49. The molecule has 0 aromatic heterocycles. The van der Waals surface area contributed by atoms with Crippen molar-refractivity contribution >= 4 is 11.7 Å². The number of rotatable bonds is 4. The molecule has 1 unspecified atom stereocenters. The number of aliphatic hydroxyl groups excluding tert-OH is 1. The molecule has 0 saturated heterocycles. The number of urea groups is 1. The van der Waals surface area contributed by atoms with Gasteiger partial charge in [-0.3, -0.25) is 0 Å². The zero-order valence-corrected chi connectivity index (χ0v) is 11.9. The van der Waals surface area contributed by atoms with Crippen LogP contribution in [0.4, 0.5) is 19.3 Å². The SMILES string of the molecule is Cc1cc(NC(=O)NCC(O)c2ccc(F)cc2)ccc1F. The Bertz CT molecular complexity index is 660. The van der Waals surface area contributed by atoms with Crippen LogP contribution in [-0.4, -0.2) is 17.7 Å². The van der Waals surface area contributed by atoms with Crippen LogP contribution in [0.15, 0.2) is 42.5 Å². The van der Waals surface area contributed by atoms with Crippen molar-refractivity contribution in [2.75, 3.05) is 11.9 Å². The van der Waals surface area contributed by atoms with Gasteiger partial charge in [-0.15, -0.1) is 0 Å². The van der Waals surface area contributed by atoms with Gasteiger partial charge in [-0.1, -0.05) is 12.1 Å². The highest BCUT2D eigenvalue weighted by Gasteiger charge is 2.10. The molecule has 2 aromatic carbocycles. The standard InChI is InChI=1S/C16H16F2N2O2/c1-10-8-13(6-7-14(10)18)20-16(22)19-9-15(21)11-2-4-12(17)5-3-11/h2-8,15,21H,9H2,1H3,(H2,19,20,22). The van der Waals surface area contributed by atoms with E-state index in [0.29, 0.717) is 16.8 Å². The van der Waals surface area contributed by atoms with E-state index in [-0.39, 0.29) is 12.4 Å². The Hall–Kier alpha value is -2.47. The fourth-order valence-electron chi connectivity index (χ4n) is 1.89. The van der Waals surface area contributed by atoms with Crippen LogP contribution in [0.3, 0.4) is 0 Å². The first-order valence-corrected chi connectivity index (χ1v) is 6.70. The first-order chi connectivity index (χ1) is 10.5. The normalized spacial score (nSPS) is 11.8. The minimum atomic E-state index is -0.943. The van der Waals surface area contributed by atoms with E-state index in [1.807, 2.05) is 0 Å². The van der Waals surface area contributed by atoms with Crippen molar-refractivity contribution in [1.29, 1.82) is 0 Å². The number of aliphatic hydroxyl groups is 1. The fourth-order valence-corrected chi connectivity index (χ4v) is 1.89. The molecule has 0 saturated carbocycles. The van der Waals surface area contributed by atoms with E-state index in [0.717, 1.165) is 0 Å². The molecule has 0 radical (unpaired) electrons. The van der Waals surface area contributed by atoms with Crippen LogP contribution in [0, 0.1) is 18.6 Å². The fraction of sp³-hybridized carbons (Fsp3) is 0.188. The number of hydrogen-bond donors (Lipinski definition) is 3. The summed E-state index contributed by atoms with van der Waals surface area (Å²) in [6.07, 6.45) is -0.943. The van der Waals surface area contributed by atoms with E-state index < -0.39 is 18.0 Å². The molecular formula is C16H16F2N2O2. The predicted octanol–water partition coefficient (Wildman–Crippen LogP) is 3.13. The lowest BCUT2D eigenvalue weighted by molar-refractivity contribution is 0.175. The number of carbonyl (C=O) groups is 1. The molecule has 116 valence electrons. The van der Waals surface area contributed by atoms with Crippen molar-refractivity contribution in [2.24, 2.45) is 0 Å². The van der Waals surface area contributed by atoms with Crippen molar-refractivity contribution in [3.05, 3.63) is 65.2 Å². The van der Waals surface area contributed by atoms with E-state index in [1.165, 1.54) is 42.5 Å². The number of carbonyl (C=O) groups excluding carboxylic acids is 1. The summed E-state index contributed by atoms with van der Waals surface area (Å²) in [6, 6.07) is 9.06. The summed E-state index contributed by atoms with van der Waals surface area (Å²) in [4.78, 5) is 11.7. The highest BCUT2D eigenvalue weighted by Crippen LogP contribution is 2.14. The molecule has 2 rings (SSSR count). The highest BCUT2D eigenvalue weighted by molar-refractivity contribution is 5.89. The predicted molar refractivity (Wildman–Crippen MR) is 79.5 cm³/mol. The second kappa shape index (κ2) is 7.00. The van der Waals surface area contributed by atoms with E-state index in [9.17, 15) is 18.7 Å². The van der Waals surface area contributed by atoms with Crippen molar-refractivity contribution in [3.8, 4) is 0 Å². The van der Waals surface area contributed by atoms with Crippen LogP contribution in [0.1, 0.15) is 17.2 Å². The van der Waals surface area contributed by atoms with Gasteiger partial charge in [0.15, 0.2) is 0 Å². The largest absolute Gasteiger partial charge is 0.387 e. The van der Waals surface area contributed by atoms with Gasteiger partial charge in [-0.05, 0) is 48.4 Å². The molecule has 0 bridgehead atoms. The highest BCUT2D eigenvalue weighted by atomic mass is 19.1. The number of nitrogens with one attached hydrogen (secondary N) is 2. The summed E-state index contributed by atoms with van der Waals surface area (Å²) in [5, 5.41) is 14.9. The quantitative estimate of drug-likeness (QED) is 0.812. The molecule has 0 aliphatic carbocycles. The molecule has 0 heterocycles. The second-order valence-electron chi connectivity index (χ2n) is 4.87. The molecule has 3 N–H and O–H groups in total. The van der Waals surface area contributed by atoms with Crippen LogP contribution in [0.2, 0.25) is 0 Å².